The predicted octanol–water partition coefficient (Wildman–Crippen LogP) is 7.12. The molecule has 0 atom stereocenters. The number of thiazole rings is 1. The van der Waals surface area contributed by atoms with E-state index in [4.69, 9.17) is 10.1 Å². The topological polar surface area (TPSA) is 72.8 Å². The fourth-order valence-corrected chi connectivity index (χ4v) is 4.99. The number of benzene rings is 2. The lowest BCUT2D eigenvalue weighted by Gasteiger charge is -2.07. The largest absolute Gasteiger partial charge is 0.272 e. The number of aromatic nitrogens is 1. The highest BCUT2D eigenvalue weighted by molar-refractivity contribution is 7.14. The van der Waals surface area contributed by atoms with Crippen molar-refractivity contribution in [2.24, 2.45) is 10.1 Å². The number of hydrogen-bond donors (Lipinski definition) is 0. The molecule has 0 saturated carbocycles. The zero-order valence-corrected chi connectivity index (χ0v) is 20.5. The van der Waals surface area contributed by atoms with Crippen LogP contribution in [0, 0.1) is 17.0 Å². The van der Waals surface area contributed by atoms with Gasteiger partial charge in [-0.15, -0.1) is 22.7 Å². The molecular weight excluding hydrogens is 452 g/mol. The van der Waals surface area contributed by atoms with Gasteiger partial charge in [-0.05, 0) is 48.9 Å². The van der Waals surface area contributed by atoms with Gasteiger partial charge >= 0.3 is 0 Å². The van der Waals surface area contributed by atoms with Crippen LogP contribution in [0.3, 0.4) is 0 Å². The molecule has 0 saturated heterocycles. The molecule has 0 aliphatic heterocycles. The third-order valence-corrected chi connectivity index (χ3v) is 7.03. The summed E-state index contributed by atoms with van der Waals surface area (Å²) in [5.74, 6) is 0.460. The molecule has 0 fully saturated rings. The number of aryl methyl sites for hydroxylation is 1. The van der Waals surface area contributed by atoms with E-state index < -0.39 is 0 Å². The van der Waals surface area contributed by atoms with Crippen LogP contribution in [0.2, 0.25) is 0 Å². The van der Waals surface area contributed by atoms with Crippen LogP contribution in [0.15, 0.2) is 75.5 Å². The van der Waals surface area contributed by atoms with Gasteiger partial charge in [0.05, 0.1) is 26.9 Å². The van der Waals surface area contributed by atoms with Crippen molar-refractivity contribution in [1.82, 2.24) is 4.68 Å². The normalized spacial score (nSPS) is 12.5. The Hall–Kier alpha value is -3.36. The fourth-order valence-electron chi connectivity index (χ4n) is 3.35. The van der Waals surface area contributed by atoms with Gasteiger partial charge in [0.2, 0.25) is 4.80 Å². The van der Waals surface area contributed by atoms with Crippen LogP contribution in [-0.2, 0) is 0 Å². The number of thiophene rings is 1. The van der Waals surface area contributed by atoms with Crippen LogP contribution >= 0.6 is 22.7 Å². The van der Waals surface area contributed by atoms with Crippen molar-refractivity contribution in [1.29, 1.82) is 0 Å². The minimum atomic E-state index is -0.359. The molecule has 0 bridgehead atoms. The van der Waals surface area contributed by atoms with Gasteiger partial charge < -0.3 is 0 Å². The minimum absolute atomic E-state index is 0.0889. The summed E-state index contributed by atoms with van der Waals surface area (Å²) in [5.41, 5.74) is 5.15. The molecule has 0 spiro atoms. The van der Waals surface area contributed by atoms with E-state index in [1.54, 1.807) is 30.4 Å². The molecule has 0 unspecified atom stereocenters. The third kappa shape index (κ3) is 5.02. The molecule has 0 N–H and O–H groups in total. The number of nitro groups is 1. The Labute approximate surface area is 200 Å². The molecule has 2 aromatic heterocycles. The monoisotopic (exact) mass is 476 g/mol. The van der Waals surface area contributed by atoms with Gasteiger partial charge in [0.25, 0.3) is 5.69 Å². The fraction of sp³-hybridized carbons (Fsp3) is 0.200. The average molecular weight is 477 g/mol. The van der Waals surface area contributed by atoms with E-state index in [1.807, 2.05) is 52.7 Å². The van der Waals surface area contributed by atoms with Crippen LogP contribution in [0.1, 0.15) is 43.4 Å². The second kappa shape index (κ2) is 9.64. The van der Waals surface area contributed by atoms with Crippen LogP contribution < -0.4 is 4.80 Å². The Kier molecular flexibility index (Phi) is 6.67. The van der Waals surface area contributed by atoms with E-state index in [0.29, 0.717) is 22.8 Å². The summed E-state index contributed by atoms with van der Waals surface area (Å²) in [6, 6.07) is 17.5. The van der Waals surface area contributed by atoms with Crippen molar-refractivity contribution in [3.8, 4) is 10.6 Å². The zero-order chi connectivity index (χ0) is 23.5. The molecule has 4 aromatic rings. The molecule has 2 heterocycles. The highest BCUT2D eigenvalue weighted by Gasteiger charge is 2.14. The molecule has 2 aromatic carbocycles. The van der Waals surface area contributed by atoms with E-state index in [-0.39, 0.29) is 10.6 Å². The molecule has 0 radical (unpaired) electrons. The molecule has 168 valence electrons. The summed E-state index contributed by atoms with van der Waals surface area (Å²) in [5, 5.41) is 20.3. The smallest absolute Gasteiger partial charge is 0.258 e. The van der Waals surface area contributed by atoms with Crippen LogP contribution in [0.4, 0.5) is 11.4 Å². The number of rotatable bonds is 6. The predicted molar refractivity (Wildman–Crippen MR) is 137 cm³/mol. The van der Waals surface area contributed by atoms with Crippen molar-refractivity contribution >= 4 is 39.8 Å². The lowest BCUT2D eigenvalue weighted by Crippen LogP contribution is -2.13. The van der Waals surface area contributed by atoms with Gasteiger partial charge in [-0.1, -0.05) is 44.2 Å². The first-order valence-electron chi connectivity index (χ1n) is 10.5. The summed E-state index contributed by atoms with van der Waals surface area (Å²) >= 11 is 3.15. The highest BCUT2D eigenvalue weighted by Crippen LogP contribution is 2.26. The first kappa shape index (κ1) is 22.8. The number of hydrogen-bond acceptors (Lipinski definition) is 6. The second-order valence-electron chi connectivity index (χ2n) is 7.99. The number of nitro benzene ring substituents is 1. The molecule has 0 aliphatic carbocycles. The maximum absolute atomic E-state index is 11.4. The molecule has 33 heavy (non-hydrogen) atoms. The molecule has 6 nitrogen and oxygen atoms in total. The molecule has 4 rings (SSSR count). The third-order valence-electron chi connectivity index (χ3n) is 5.32. The lowest BCUT2D eigenvalue weighted by atomic mass is 10.0. The van der Waals surface area contributed by atoms with Crippen molar-refractivity contribution in [2.75, 3.05) is 0 Å². The van der Waals surface area contributed by atoms with E-state index in [0.717, 1.165) is 21.1 Å². The second-order valence-corrected chi connectivity index (χ2v) is 9.78. The Balaban J connectivity index is 1.83. The average Bonchev–Trinajstić information content (AvgIpc) is 3.45. The Morgan fingerprint density at radius 1 is 1.09 bits per heavy atom. The van der Waals surface area contributed by atoms with Gasteiger partial charge in [-0.25, -0.2) is 9.67 Å². The minimum Gasteiger partial charge on any atom is -0.258 e. The van der Waals surface area contributed by atoms with Gasteiger partial charge in [0, 0.05) is 22.6 Å². The van der Waals surface area contributed by atoms with Crippen molar-refractivity contribution in [2.45, 2.75) is 33.6 Å². The summed E-state index contributed by atoms with van der Waals surface area (Å²) in [6.45, 7) is 7.93. The maximum Gasteiger partial charge on any atom is 0.272 e. The first-order chi connectivity index (χ1) is 15.8. The van der Waals surface area contributed by atoms with E-state index in [2.05, 4.69) is 26.0 Å². The van der Waals surface area contributed by atoms with Gasteiger partial charge in [0.15, 0.2) is 0 Å². The summed E-state index contributed by atoms with van der Waals surface area (Å²) < 4.78 is 1.83. The van der Waals surface area contributed by atoms with Crippen molar-refractivity contribution in [3.05, 3.63) is 97.0 Å². The SMILES string of the molecule is CC(=Nn1c(-c2cccs2)csc1=Nc1ccc(C(C)C)cc1)c1ccc(C)c([N+](=O)[O-])c1. The van der Waals surface area contributed by atoms with E-state index >= 15 is 0 Å². The van der Waals surface area contributed by atoms with Crippen molar-refractivity contribution in [3.63, 3.8) is 0 Å². The lowest BCUT2D eigenvalue weighted by molar-refractivity contribution is -0.385. The first-order valence-corrected chi connectivity index (χ1v) is 12.3. The maximum atomic E-state index is 11.4. The standard InChI is InChI=1S/C25H24N4O2S2/c1-16(2)19-9-11-21(12-10-19)26-25-28(23(15-33-25)24-6-5-13-32-24)27-18(4)20-8-7-17(3)22(14-20)29(30)31/h5-16H,1-4H3. The van der Waals surface area contributed by atoms with Gasteiger partial charge in [-0.3, -0.25) is 10.1 Å². The van der Waals surface area contributed by atoms with E-state index in [1.165, 1.54) is 16.9 Å². The Morgan fingerprint density at radius 2 is 1.85 bits per heavy atom. The van der Waals surface area contributed by atoms with Crippen molar-refractivity contribution < 1.29 is 4.92 Å². The molecular formula is C25H24N4O2S2. The highest BCUT2D eigenvalue weighted by atomic mass is 32.1. The Morgan fingerprint density at radius 3 is 2.48 bits per heavy atom. The van der Waals surface area contributed by atoms with Crippen LogP contribution in [0.25, 0.3) is 10.6 Å². The van der Waals surface area contributed by atoms with E-state index in [9.17, 15) is 10.1 Å². The summed E-state index contributed by atoms with van der Waals surface area (Å²) in [4.78, 5) is 17.7. The quantitative estimate of drug-likeness (QED) is 0.169. The van der Waals surface area contributed by atoms with Gasteiger partial charge in [0.1, 0.15) is 0 Å². The molecule has 8 heteroatoms. The molecule has 0 aliphatic rings. The molecule has 0 amide bonds. The van der Waals surface area contributed by atoms with Crippen LogP contribution in [0.5, 0.6) is 0 Å². The summed E-state index contributed by atoms with van der Waals surface area (Å²) in [6.07, 6.45) is 0. The number of nitrogens with zero attached hydrogens (tertiary/aromatic N) is 4. The van der Waals surface area contributed by atoms with Gasteiger partial charge in [-0.2, -0.15) is 5.10 Å². The zero-order valence-electron chi connectivity index (χ0n) is 18.9. The summed E-state index contributed by atoms with van der Waals surface area (Å²) in [7, 11) is 0. The Bertz CT molecular complexity index is 1380. The van der Waals surface area contributed by atoms with Crippen LogP contribution in [-0.4, -0.2) is 15.3 Å².